The molecular weight excluding hydrogens is 484 g/mol. The zero-order chi connectivity index (χ0) is 25.6. The van der Waals surface area contributed by atoms with Crippen LogP contribution in [0.5, 0.6) is 11.5 Å². The fourth-order valence-electron chi connectivity index (χ4n) is 5.16. The SMILES string of the molecule is Cc1ccsc1CN(Cc1ccc2c(c1)OCO2)C(=O)CN(C(=O)Cc1ccccc1)C1CCCCC1. The smallest absolute Gasteiger partial charge is 0.242 e. The van der Waals surface area contributed by atoms with Crippen LogP contribution in [0.4, 0.5) is 0 Å². The molecule has 1 fully saturated rings. The predicted molar refractivity (Wildman–Crippen MR) is 145 cm³/mol. The van der Waals surface area contributed by atoms with Crippen molar-refractivity contribution in [2.75, 3.05) is 13.3 Å². The minimum Gasteiger partial charge on any atom is -0.454 e. The van der Waals surface area contributed by atoms with E-state index < -0.39 is 0 Å². The summed E-state index contributed by atoms with van der Waals surface area (Å²) in [6, 6.07) is 17.8. The summed E-state index contributed by atoms with van der Waals surface area (Å²) in [4.78, 5) is 32.4. The molecule has 2 aromatic carbocycles. The molecule has 1 aliphatic heterocycles. The van der Waals surface area contributed by atoms with Gasteiger partial charge < -0.3 is 19.3 Å². The van der Waals surface area contributed by atoms with Crippen LogP contribution in [0.2, 0.25) is 0 Å². The minimum absolute atomic E-state index is 0.0294. The highest BCUT2D eigenvalue weighted by atomic mass is 32.1. The molecule has 0 bridgehead atoms. The summed E-state index contributed by atoms with van der Waals surface area (Å²) >= 11 is 1.66. The van der Waals surface area contributed by atoms with Gasteiger partial charge in [0.05, 0.1) is 13.0 Å². The molecule has 194 valence electrons. The first kappa shape index (κ1) is 25.3. The van der Waals surface area contributed by atoms with E-state index in [4.69, 9.17) is 9.47 Å². The number of hydrogen-bond donors (Lipinski definition) is 0. The Balaban J connectivity index is 1.37. The Morgan fingerprint density at radius 2 is 1.68 bits per heavy atom. The summed E-state index contributed by atoms with van der Waals surface area (Å²) in [6.45, 7) is 3.36. The molecule has 1 saturated carbocycles. The van der Waals surface area contributed by atoms with Crippen molar-refractivity contribution < 1.29 is 19.1 Å². The minimum atomic E-state index is -0.0301. The molecule has 2 heterocycles. The van der Waals surface area contributed by atoms with E-state index in [1.165, 1.54) is 12.0 Å². The second-order valence-corrected chi connectivity index (χ2v) is 10.9. The lowest BCUT2D eigenvalue weighted by atomic mass is 9.93. The van der Waals surface area contributed by atoms with E-state index in [-0.39, 0.29) is 31.2 Å². The summed E-state index contributed by atoms with van der Waals surface area (Å²) < 4.78 is 11.0. The zero-order valence-corrected chi connectivity index (χ0v) is 22.2. The summed E-state index contributed by atoms with van der Waals surface area (Å²) in [5.41, 5.74) is 3.14. The first-order valence-corrected chi connectivity index (χ1v) is 14.0. The van der Waals surface area contributed by atoms with Crippen molar-refractivity contribution in [3.05, 3.63) is 81.5 Å². The van der Waals surface area contributed by atoms with Gasteiger partial charge in [-0.1, -0.05) is 55.7 Å². The van der Waals surface area contributed by atoms with Crippen molar-refractivity contribution in [2.24, 2.45) is 0 Å². The van der Waals surface area contributed by atoms with Crippen LogP contribution in [0.15, 0.2) is 60.0 Å². The molecule has 1 aliphatic carbocycles. The number of ether oxygens (including phenoxy) is 2. The van der Waals surface area contributed by atoms with Crippen LogP contribution >= 0.6 is 11.3 Å². The number of thiophene rings is 1. The van der Waals surface area contributed by atoms with E-state index in [9.17, 15) is 9.59 Å². The summed E-state index contributed by atoms with van der Waals surface area (Å²) in [5, 5.41) is 2.06. The van der Waals surface area contributed by atoms with E-state index >= 15 is 0 Å². The highest BCUT2D eigenvalue weighted by Crippen LogP contribution is 2.33. The molecule has 0 N–H and O–H groups in total. The van der Waals surface area contributed by atoms with E-state index in [1.54, 1.807) is 11.3 Å². The van der Waals surface area contributed by atoms with Crippen LogP contribution in [0.25, 0.3) is 0 Å². The van der Waals surface area contributed by atoms with Gasteiger partial charge in [-0.2, -0.15) is 0 Å². The number of nitrogens with zero attached hydrogens (tertiary/aromatic N) is 2. The van der Waals surface area contributed by atoms with Crippen LogP contribution in [0, 0.1) is 6.92 Å². The normalized spacial score (nSPS) is 14.9. The van der Waals surface area contributed by atoms with Crippen LogP contribution in [0.1, 0.15) is 53.7 Å². The summed E-state index contributed by atoms with van der Waals surface area (Å²) in [5.74, 6) is 1.43. The van der Waals surface area contributed by atoms with Gasteiger partial charge in [0.15, 0.2) is 11.5 Å². The molecule has 37 heavy (non-hydrogen) atoms. The third kappa shape index (κ3) is 6.34. The maximum atomic E-state index is 13.9. The molecule has 6 nitrogen and oxygen atoms in total. The van der Waals surface area contributed by atoms with Crippen LogP contribution in [-0.2, 0) is 29.1 Å². The van der Waals surface area contributed by atoms with Gasteiger partial charge in [0.25, 0.3) is 0 Å². The van der Waals surface area contributed by atoms with Gasteiger partial charge in [-0.05, 0) is 60.0 Å². The third-order valence-electron chi connectivity index (χ3n) is 7.31. The largest absolute Gasteiger partial charge is 0.454 e. The number of carbonyl (C=O) groups excluding carboxylic acids is 2. The Labute approximate surface area is 222 Å². The Kier molecular flexibility index (Phi) is 8.09. The third-order valence-corrected chi connectivity index (χ3v) is 8.31. The second-order valence-electron chi connectivity index (χ2n) is 9.94. The van der Waals surface area contributed by atoms with Gasteiger partial charge >= 0.3 is 0 Å². The lowest BCUT2D eigenvalue weighted by Crippen LogP contribution is -2.48. The van der Waals surface area contributed by atoms with E-state index in [2.05, 4.69) is 18.4 Å². The second kappa shape index (κ2) is 11.8. The maximum Gasteiger partial charge on any atom is 0.242 e. The fourth-order valence-corrected chi connectivity index (χ4v) is 6.08. The van der Waals surface area contributed by atoms with Crippen LogP contribution < -0.4 is 9.47 Å². The molecule has 0 saturated heterocycles. The number of benzene rings is 2. The van der Waals surface area contributed by atoms with Crippen molar-refractivity contribution >= 4 is 23.2 Å². The molecule has 0 radical (unpaired) electrons. The lowest BCUT2D eigenvalue weighted by molar-refractivity contribution is -0.143. The highest BCUT2D eigenvalue weighted by Gasteiger charge is 2.29. The molecule has 1 aromatic heterocycles. The van der Waals surface area contributed by atoms with Gasteiger partial charge in [-0.25, -0.2) is 0 Å². The van der Waals surface area contributed by atoms with Crippen molar-refractivity contribution in [3.63, 3.8) is 0 Å². The average molecular weight is 519 g/mol. The van der Waals surface area contributed by atoms with Crippen molar-refractivity contribution in [1.82, 2.24) is 9.80 Å². The Bertz CT molecular complexity index is 1220. The molecule has 3 aromatic rings. The molecule has 2 amide bonds. The quantitative estimate of drug-likeness (QED) is 0.364. The summed E-state index contributed by atoms with van der Waals surface area (Å²) in [7, 11) is 0. The number of fused-ring (bicyclic) bond motifs is 1. The topological polar surface area (TPSA) is 59.1 Å². The number of carbonyl (C=O) groups is 2. The molecule has 5 rings (SSSR count). The number of hydrogen-bond acceptors (Lipinski definition) is 5. The molecular formula is C30H34N2O4S. The van der Waals surface area contributed by atoms with Gasteiger partial charge in [-0.3, -0.25) is 9.59 Å². The predicted octanol–water partition coefficient (Wildman–Crippen LogP) is 5.72. The maximum absolute atomic E-state index is 13.9. The van der Waals surface area contributed by atoms with Gasteiger partial charge in [0.2, 0.25) is 18.6 Å². The first-order chi connectivity index (χ1) is 18.1. The molecule has 0 atom stereocenters. The van der Waals surface area contributed by atoms with Gasteiger partial charge in [0.1, 0.15) is 6.54 Å². The van der Waals surface area contributed by atoms with Crippen molar-refractivity contribution in [3.8, 4) is 11.5 Å². The monoisotopic (exact) mass is 518 g/mol. The number of aryl methyl sites for hydroxylation is 1. The van der Waals surface area contributed by atoms with Crippen LogP contribution in [0.3, 0.4) is 0 Å². The van der Waals surface area contributed by atoms with E-state index in [0.717, 1.165) is 47.4 Å². The summed E-state index contributed by atoms with van der Waals surface area (Å²) in [6.07, 6.45) is 5.63. The first-order valence-electron chi connectivity index (χ1n) is 13.1. The lowest BCUT2D eigenvalue weighted by Gasteiger charge is -2.35. The molecule has 7 heteroatoms. The Morgan fingerprint density at radius 3 is 2.43 bits per heavy atom. The Morgan fingerprint density at radius 1 is 0.892 bits per heavy atom. The van der Waals surface area contributed by atoms with Gasteiger partial charge in [-0.15, -0.1) is 11.3 Å². The van der Waals surface area contributed by atoms with Crippen molar-refractivity contribution in [2.45, 2.75) is 64.6 Å². The zero-order valence-electron chi connectivity index (χ0n) is 21.4. The number of rotatable bonds is 9. The van der Waals surface area contributed by atoms with Crippen molar-refractivity contribution in [1.29, 1.82) is 0 Å². The number of amides is 2. The van der Waals surface area contributed by atoms with E-state index in [1.807, 2.05) is 58.3 Å². The highest BCUT2D eigenvalue weighted by molar-refractivity contribution is 7.10. The van der Waals surface area contributed by atoms with Crippen LogP contribution in [-0.4, -0.2) is 41.0 Å². The van der Waals surface area contributed by atoms with E-state index in [0.29, 0.717) is 25.3 Å². The molecule has 2 aliphatic rings. The van der Waals surface area contributed by atoms with Gasteiger partial charge in [0, 0.05) is 17.5 Å². The molecule has 0 spiro atoms. The fraction of sp³-hybridized carbons (Fsp3) is 0.400. The molecule has 0 unspecified atom stereocenters. The Hall–Kier alpha value is -3.32. The standard InChI is InChI=1S/C30H34N2O4S/c1-22-14-15-37-28(22)19-31(18-24-12-13-26-27(16-24)36-21-35-26)30(34)20-32(25-10-6-3-7-11-25)29(33)17-23-8-4-2-5-9-23/h2,4-5,8-9,12-16,25H,3,6-7,10-11,17-21H2,1H3. The average Bonchev–Trinajstić information content (AvgIpc) is 3.56.